The van der Waals surface area contributed by atoms with Crippen LogP contribution in [0.25, 0.3) is 0 Å². The third kappa shape index (κ3) is 2.40. The summed E-state index contributed by atoms with van der Waals surface area (Å²) in [6.45, 7) is 2.84. The topological polar surface area (TPSA) is 80.0 Å². The lowest BCUT2D eigenvalue weighted by Crippen LogP contribution is -2.17. The number of carboxylic acid groups (broad SMARTS) is 1. The number of aryl methyl sites for hydroxylation is 2. The van der Waals surface area contributed by atoms with Crippen molar-refractivity contribution in [2.24, 2.45) is 0 Å². The van der Waals surface area contributed by atoms with E-state index in [4.69, 9.17) is 0 Å². The molecule has 2 aromatic rings. The molecule has 1 aliphatic carbocycles. The minimum absolute atomic E-state index is 0.455. The second-order valence-corrected chi connectivity index (χ2v) is 5.90. The molecule has 0 saturated heterocycles. The fourth-order valence-electron chi connectivity index (χ4n) is 2.44. The maximum atomic E-state index is 11.3. The van der Waals surface area contributed by atoms with Crippen molar-refractivity contribution in [1.82, 2.24) is 14.8 Å². The number of hydrogen-bond acceptors (Lipinski definition) is 5. The van der Waals surface area contributed by atoms with E-state index in [1.807, 2.05) is 17.8 Å². The van der Waals surface area contributed by atoms with Gasteiger partial charge in [0.1, 0.15) is 5.92 Å². The Morgan fingerprint density at radius 2 is 2.50 bits per heavy atom. The Morgan fingerprint density at radius 1 is 1.65 bits per heavy atom. The number of rotatable bonds is 4. The highest BCUT2D eigenvalue weighted by molar-refractivity contribution is 7.15. The van der Waals surface area contributed by atoms with E-state index in [2.05, 4.69) is 15.4 Å². The third-order valence-electron chi connectivity index (χ3n) is 3.46. The van der Waals surface area contributed by atoms with E-state index >= 15 is 0 Å². The maximum absolute atomic E-state index is 11.3. The number of hydrogen-bond donors (Lipinski definition) is 2. The Morgan fingerprint density at radius 3 is 3.20 bits per heavy atom. The summed E-state index contributed by atoms with van der Waals surface area (Å²) in [7, 11) is 0. The number of thiazole rings is 1. The maximum Gasteiger partial charge on any atom is 0.312 e. The van der Waals surface area contributed by atoms with Gasteiger partial charge < -0.3 is 10.4 Å². The fraction of sp³-hybridized carbons (Fsp3) is 0.462. The summed E-state index contributed by atoms with van der Waals surface area (Å²) in [5, 5.41) is 17.4. The quantitative estimate of drug-likeness (QED) is 0.905. The van der Waals surface area contributed by atoms with E-state index in [1.165, 1.54) is 0 Å². The predicted octanol–water partition coefficient (Wildman–Crippen LogP) is 2.61. The highest BCUT2D eigenvalue weighted by atomic mass is 32.1. The molecule has 0 fully saturated rings. The molecule has 1 unspecified atom stereocenters. The summed E-state index contributed by atoms with van der Waals surface area (Å²) in [5.41, 5.74) is 1.61. The molecule has 106 valence electrons. The van der Waals surface area contributed by atoms with Crippen LogP contribution in [0.15, 0.2) is 12.4 Å². The van der Waals surface area contributed by atoms with Crippen molar-refractivity contribution < 1.29 is 9.90 Å². The second-order valence-electron chi connectivity index (χ2n) is 4.82. The van der Waals surface area contributed by atoms with Crippen molar-refractivity contribution in [1.29, 1.82) is 0 Å². The molecule has 2 heterocycles. The molecular formula is C13H16N4O2S. The lowest BCUT2D eigenvalue weighted by atomic mass is 9.91. The Balaban J connectivity index is 1.83. The molecule has 0 saturated carbocycles. The monoisotopic (exact) mass is 292 g/mol. The average Bonchev–Trinajstić information content (AvgIpc) is 3.03. The van der Waals surface area contributed by atoms with Gasteiger partial charge in [-0.15, -0.1) is 11.3 Å². The van der Waals surface area contributed by atoms with Gasteiger partial charge in [-0.1, -0.05) is 0 Å². The van der Waals surface area contributed by atoms with Crippen LogP contribution in [0.3, 0.4) is 0 Å². The number of aromatic nitrogens is 3. The molecule has 0 aromatic carbocycles. The summed E-state index contributed by atoms with van der Waals surface area (Å²) in [4.78, 5) is 16.8. The van der Waals surface area contributed by atoms with E-state index in [1.54, 1.807) is 17.5 Å². The molecule has 0 amide bonds. The predicted molar refractivity (Wildman–Crippen MR) is 76.6 cm³/mol. The zero-order valence-electron chi connectivity index (χ0n) is 11.2. The molecule has 0 bridgehead atoms. The van der Waals surface area contributed by atoms with E-state index in [0.29, 0.717) is 6.42 Å². The number of fused-ring (bicyclic) bond motifs is 1. The molecule has 2 aromatic heterocycles. The molecular weight excluding hydrogens is 276 g/mol. The number of aliphatic carboxylic acids is 1. The first-order chi connectivity index (χ1) is 9.67. The van der Waals surface area contributed by atoms with Gasteiger partial charge in [0.25, 0.3) is 0 Å². The summed E-state index contributed by atoms with van der Waals surface area (Å²) in [6.07, 6.45) is 6.18. The largest absolute Gasteiger partial charge is 0.481 e. The van der Waals surface area contributed by atoms with Crippen molar-refractivity contribution in [3.05, 3.63) is 23.0 Å². The number of carbonyl (C=O) groups is 1. The first-order valence-corrected chi connectivity index (χ1v) is 7.51. The summed E-state index contributed by atoms with van der Waals surface area (Å²) < 4.78 is 1.83. The fourth-order valence-corrected chi connectivity index (χ4v) is 3.52. The molecule has 2 N–H and O–H groups in total. The van der Waals surface area contributed by atoms with Crippen LogP contribution in [0.2, 0.25) is 0 Å². The lowest BCUT2D eigenvalue weighted by Gasteiger charge is -2.16. The minimum Gasteiger partial charge on any atom is -0.481 e. The Bertz CT molecular complexity index is 634. The molecule has 6 nitrogen and oxygen atoms in total. The van der Waals surface area contributed by atoms with Crippen LogP contribution in [0, 0.1) is 0 Å². The smallest absolute Gasteiger partial charge is 0.312 e. The van der Waals surface area contributed by atoms with Crippen LogP contribution in [0.5, 0.6) is 0 Å². The van der Waals surface area contributed by atoms with E-state index in [-0.39, 0.29) is 0 Å². The van der Waals surface area contributed by atoms with Gasteiger partial charge in [-0.05, 0) is 26.2 Å². The van der Waals surface area contributed by atoms with Crippen molar-refractivity contribution in [2.45, 2.75) is 38.6 Å². The Kier molecular flexibility index (Phi) is 3.43. The van der Waals surface area contributed by atoms with Gasteiger partial charge in [0.2, 0.25) is 0 Å². The van der Waals surface area contributed by atoms with Gasteiger partial charge in [-0.25, -0.2) is 4.98 Å². The zero-order chi connectivity index (χ0) is 14.1. The van der Waals surface area contributed by atoms with Gasteiger partial charge in [0.05, 0.1) is 17.6 Å². The van der Waals surface area contributed by atoms with Crippen LogP contribution < -0.4 is 5.32 Å². The van der Waals surface area contributed by atoms with Crippen molar-refractivity contribution in [3.63, 3.8) is 0 Å². The van der Waals surface area contributed by atoms with Gasteiger partial charge in [0.15, 0.2) is 5.13 Å². The molecule has 0 aliphatic heterocycles. The van der Waals surface area contributed by atoms with Gasteiger partial charge in [-0.2, -0.15) is 5.10 Å². The lowest BCUT2D eigenvalue weighted by molar-refractivity contribution is -0.139. The number of nitrogens with zero attached hydrogens (tertiary/aromatic N) is 3. The van der Waals surface area contributed by atoms with E-state index in [0.717, 1.165) is 40.8 Å². The Hall–Kier alpha value is -1.89. The van der Waals surface area contributed by atoms with Gasteiger partial charge in [0, 0.05) is 17.6 Å². The normalized spacial score (nSPS) is 17.8. The number of nitrogens with one attached hydrogen (secondary N) is 1. The molecule has 3 rings (SSSR count). The van der Waals surface area contributed by atoms with Crippen molar-refractivity contribution >= 4 is 28.1 Å². The minimum atomic E-state index is -0.776. The molecule has 7 heteroatoms. The molecule has 0 radical (unpaired) electrons. The highest BCUT2D eigenvalue weighted by Gasteiger charge is 2.30. The number of carboxylic acids is 1. The SMILES string of the molecule is CCn1cc(Nc2nc3c(s2)CCCC3C(=O)O)cn1. The van der Waals surface area contributed by atoms with Gasteiger partial charge in [-0.3, -0.25) is 9.48 Å². The summed E-state index contributed by atoms with van der Waals surface area (Å²) >= 11 is 1.55. The average molecular weight is 292 g/mol. The highest BCUT2D eigenvalue weighted by Crippen LogP contribution is 2.37. The van der Waals surface area contributed by atoms with Crippen LogP contribution >= 0.6 is 11.3 Å². The molecule has 20 heavy (non-hydrogen) atoms. The van der Waals surface area contributed by atoms with Crippen LogP contribution in [0.1, 0.15) is 36.3 Å². The standard InChI is InChI=1S/C13H16N4O2S/c1-2-17-7-8(6-14-17)15-13-16-11-9(12(18)19)4-3-5-10(11)20-13/h6-7,9H,2-5H2,1H3,(H,15,16)(H,18,19). The summed E-state index contributed by atoms with van der Waals surface area (Å²) in [6, 6.07) is 0. The number of anilines is 2. The van der Waals surface area contributed by atoms with Crippen molar-refractivity contribution in [2.75, 3.05) is 5.32 Å². The van der Waals surface area contributed by atoms with Crippen LogP contribution in [-0.2, 0) is 17.8 Å². The zero-order valence-corrected chi connectivity index (χ0v) is 12.0. The van der Waals surface area contributed by atoms with E-state index in [9.17, 15) is 9.90 Å². The first-order valence-electron chi connectivity index (χ1n) is 6.69. The molecule has 1 atom stereocenters. The third-order valence-corrected chi connectivity index (χ3v) is 4.51. The second kappa shape index (κ2) is 5.24. The van der Waals surface area contributed by atoms with Crippen LogP contribution in [-0.4, -0.2) is 25.8 Å². The summed E-state index contributed by atoms with van der Waals surface area (Å²) in [5.74, 6) is -1.23. The van der Waals surface area contributed by atoms with E-state index < -0.39 is 11.9 Å². The van der Waals surface area contributed by atoms with Crippen molar-refractivity contribution in [3.8, 4) is 0 Å². The molecule has 1 aliphatic rings. The Labute approximate surface area is 120 Å². The van der Waals surface area contributed by atoms with Crippen LogP contribution in [0.4, 0.5) is 10.8 Å². The van der Waals surface area contributed by atoms with Gasteiger partial charge >= 0.3 is 5.97 Å². The molecule has 0 spiro atoms. The first kappa shape index (κ1) is 13.1.